The molecule has 0 nitrogen and oxygen atoms in total. The van der Waals surface area contributed by atoms with E-state index in [-0.39, 0.29) is 24.8 Å². The largest absolute Gasteiger partial charge is 1.00 e. The van der Waals surface area contributed by atoms with Crippen LogP contribution >= 0.6 is 0 Å². The van der Waals surface area contributed by atoms with Crippen LogP contribution in [0.3, 0.4) is 0 Å². The van der Waals surface area contributed by atoms with E-state index in [9.17, 15) is 0 Å². The molecular formula is C24H34Cl2Zr. The zero-order valence-corrected chi connectivity index (χ0v) is 20.9. The smallest absolute Gasteiger partial charge is 1.00 e. The van der Waals surface area contributed by atoms with E-state index < -0.39 is 23.2 Å². The first-order chi connectivity index (χ1) is 12.1. The molecule has 27 heavy (non-hydrogen) atoms. The van der Waals surface area contributed by atoms with Gasteiger partial charge in [0.2, 0.25) is 0 Å². The Kier molecular flexibility index (Phi) is 8.74. The van der Waals surface area contributed by atoms with Gasteiger partial charge in [-0.05, 0) is 0 Å². The second-order valence-corrected chi connectivity index (χ2v) is 14.0. The van der Waals surface area contributed by atoms with Gasteiger partial charge < -0.3 is 24.8 Å². The Hall–Kier alpha value is 0.423. The van der Waals surface area contributed by atoms with Crippen LogP contribution in [0.2, 0.25) is 6.25 Å². The van der Waals surface area contributed by atoms with E-state index in [0.717, 1.165) is 11.8 Å². The summed E-state index contributed by atoms with van der Waals surface area (Å²) in [6.45, 7) is 4.67. The maximum absolute atomic E-state index is 2.73. The Labute approximate surface area is 190 Å². The van der Waals surface area contributed by atoms with Crippen LogP contribution in [-0.4, -0.2) is 0 Å². The number of halogens is 2. The SMILES string of the molecule is CC1=C[C]([Zr+2][C]2(C3CCCCC3)C=CC(C)=C2)(C2CCCCC2)C=C1.[Cl-].[Cl-]. The second-order valence-electron chi connectivity index (χ2n) is 9.10. The summed E-state index contributed by atoms with van der Waals surface area (Å²) in [5.74, 6) is 1.87. The van der Waals surface area contributed by atoms with E-state index >= 15 is 0 Å². The van der Waals surface area contributed by atoms with Gasteiger partial charge in [0.15, 0.2) is 0 Å². The average Bonchev–Trinajstić information content (AvgIpc) is 3.21. The van der Waals surface area contributed by atoms with Gasteiger partial charge >= 0.3 is 167 Å². The predicted octanol–water partition coefficient (Wildman–Crippen LogP) is 1.59. The quantitative estimate of drug-likeness (QED) is 0.569. The zero-order valence-electron chi connectivity index (χ0n) is 16.9. The second kappa shape index (κ2) is 9.95. The Bertz CT molecular complexity index is 566. The van der Waals surface area contributed by atoms with Crippen LogP contribution in [0.4, 0.5) is 0 Å². The van der Waals surface area contributed by atoms with Crippen molar-refractivity contribution >= 4 is 0 Å². The molecule has 4 rings (SSSR count). The molecule has 0 aromatic heterocycles. The molecule has 0 aliphatic heterocycles. The fourth-order valence-electron chi connectivity index (χ4n) is 5.89. The van der Waals surface area contributed by atoms with Crippen LogP contribution in [0.15, 0.2) is 47.6 Å². The molecule has 0 aromatic carbocycles. The fraction of sp³-hybridized carbons (Fsp3) is 0.667. The molecule has 3 heteroatoms. The average molecular weight is 485 g/mol. The van der Waals surface area contributed by atoms with E-state index in [1.165, 1.54) is 75.4 Å². The molecule has 2 fully saturated rings. The van der Waals surface area contributed by atoms with Gasteiger partial charge in [0.05, 0.1) is 0 Å². The van der Waals surface area contributed by atoms with Crippen molar-refractivity contribution in [3.8, 4) is 0 Å². The van der Waals surface area contributed by atoms with Crippen LogP contribution in [0.25, 0.3) is 0 Å². The molecule has 0 bridgehead atoms. The molecule has 4 aliphatic rings. The summed E-state index contributed by atoms with van der Waals surface area (Å²) in [7, 11) is 0. The van der Waals surface area contributed by atoms with Gasteiger partial charge in [0, 0.05) is 0 Å². The van der Waals surface area contributed by atoms with Gasteiger partial charge in [-0.2, -0.15) is 0 Å². The van der Waals surface area contributed by atoms with Crippen LogP contribution in [-0.2, 0) is 23.2 Å². The Morgan fingerprint density at radius 2 is 1.04 bits per heavy atom. The monoisotopic (exact) mass is 482 g/mol. The molecule has 148 valence electrons. The zero-order chi connectivity index (χ0) is 17.3. The molecule has 0 aromatic rings. The molecule has 0 N–H and O–H groups in total. The third kappa shape index (κ3) is 4.95. The molecule has 0 heterocycles. The van der Waals surface area contributed by atoms with Crippen molar-refractivity contribution in [2.45, 2.75) is 84.3 Å². The van der Waals surface area contributed by atoms with E-state index in [1.807, 2.05) is 0 Å². The third-order valence-electron chi connectivity index (χ3n) is 7.17. The van der Waals surface area contributed by atoms with Crippen molar-refractivity contribution in [2.24, 2.45) is 11.8 Å². The molecule has 0 amide bonds. The van der Waals surface area contributed by atoms with Crippen LogP contribution in [0, 0.1) is 11.8 Å². The van der Waals surface area contributed by atoms with Crippen LogP contribution < -0.4 is 24.8 Å². The van der Waals surface area contributed by atoms with Crippen molar-refractivity contribution < 1.29 is 48.0 Å². The van der Waals surface area contributed by atoms with Crippen molar-refractivity contribution in [3.05, 3.63) is 47.6 Å². The van der Waals surface area contributed by atoms with Gasteiger partial charge in [-0.3, -0.25) is 0 Å². The molecular weight excluding hydrogens is 450 g/mol. The maximum atomic E-state index is 2.73. The van der Waals surface area contributed by atoms with E-state index in [0.29, 0.717) is 6.25 Å². The summed E-state index contributed by atoms with van der Waals surface area (Å²) < 4.78 is 0.966. The summed E-state index contributed by atoms with van der Waals surface area (Å²) in [4.78, 5) is 0. The van der Waals surface area contributed by atoms with Crippen LogP contribution in [0.5, 0.6) is 0 Å². The minimum Gasteiger partial charge on any atom is -1.00 e. The summed E-state index contributed by atoms with van der Waals surface area (Å²) in [6, 6.07) is 0. The molecule has 2 saturated carbocycles. The summed E-state index contributed by atoms with van der Waals surface area (Å²) in [5.41, 5.74) is 3.07. The molecule has 0 saturated heterocycles. The van der Waals surface area contributed by atoms with Crippen molar-refractivity contribution in [1.82, 2.24) is 0 Å². The maximum Gasteiger partial charge on any atom is -1.00 e. The third-order valence-corrected chi connectivity index (χ3v) is 12.8. The molecule has 4 aliphatic carbocycles. The molecule has 0 spiro atoms. The Morgan fingerprint density at radius 3 is 1.33 bits per heavy atom. The fourth-order valence-corrected chi connectivity index (χ4v) is 12.4. The standard InChI is InChI=1S/2C12H17.2ClH.Zr/c2*1-10-7-8-12(9-10)11-5-3-2-4-6-11;;;/h2*7-9,11H,2-6H2,1H3;2*1H;/q;;;;+2/p-2. The van der Waals surface area contributed by atoms with Crippen molar-refractivity contribution in [1.29, 1.82) is 0 Å². The molecule has 0 radical (unpaired) electrons. The molecule has 2 atom stereocenters. The van der Waals surface area contributed by atoms with Gasteiger partial charge in [-0.25, -0.2) is 0 Å². The summed E-state index contributed by atoms with van der Waals surface area (Å²) >= 11 is -0.698. The van der Waals surface area contributed by atoms with E-state index in [2.05, 4.69) is 50.3 Å². The minimum atomic E-state index is -0.698. The number of rotatable bonds is 4. The first-order valence-corrected chi connectivity index (χ1v) is 13.1. The topological polar surface area (TPSA) is 0 Å². The molecule has 2 unspecified atom stereocenters. The first-order valence-electron chi connectivity index (χ1n) is 10.7. The van der Waals surface area contributed by atoms with Gasteiger partial charge in [0.25, 0.3) is 0 Å². The van der Waals surface area contributed by atoms with Crippen molar-refractivity contribution in [2.75, 3.05) is 0 Å². The van der Waals surface area contributed by atoms with Crippen molar-refractivity contribution in [3.63, 3.8) is 0 Å². The number of hydrogen-bond donors (Lipinski definition) is 0. The Balaban J connectivity index is 0.00000131. The van der Waals surface area contributed by atoms with E-state index in [1.54, 1.807) is 0 Å². The number of allylic oxidation sites excluding steroid dienone is 8. The normalized spacial score (nSPS) is 33.7. The van der Waals surface area contributed by atoms with Crippen LogP contribution in [0.1, 0.15) is 78.1 Å². The first kappa shape index (κ1) is 23.7. The summed E-state index contributed by atoms with van der Waals surface area (Å²) in [5, 5.41) is 0. The van der Waals surface area contributed by atoms with Gasteiger partial charge in [-0.1, -0.05) is 0 Å². The summed E-state index contributed by atoms with van der Waals surface area (Å²) in [6.07, 6.45) is 30.4. The van der Waals surface area contributed by atoms with Gasteiger partial charge in [-0.15, -0.1) is 0 Å². The number of hydrogen-bond acceptors (Lipinski definition) is 0. The predicted molar refractivity (Wildman–Crippen MR) is 104 cm³/mol. The van der Waals surface area contributed by atoms with Gasteiger partial charge in [0.1, 0.15) is 0 Å². The minimum absolute atomic E-state index is 0. The van der Waals surface area contributed by atoms with E-state index in [4.69, 9.17) is 0 Å². The Morgan fingerprint density at radius 1 is 0.667 bits per heavy atom.